The van der Waals surface area contributed by atoms with Gasteiger partial charge < -0.3 is 15.7 Å². The Kier molecular flexibility index (Phi) is 3.50. The SMILES string of the molecule is CC(C)N(CCO)c1cc(N)ns1. The monoisotopic (exact) mass is 201 g/mol. The molecule has 0 aromatic carbocycles. The Morgan fingerprint density at radius 3 is 2.77 bits per heavy atom. The fourth-order valence-corrected chi connectivity index (χ4v) is 1.98. The molecular formula is C8H15N3OS. The molecule has 3 N–H and O–H groups in total. The van der Waals surface area contributed by atoms with E-state index in [1.165, 1.54) is 11.5 Å². The first-order chi connectivity index (χ1) is 6.15. The van der Waals surface area contributed by atoms with E-state index >= 15 is 0 Å². The summed E-state index contributed by atoms with van der Waals surface area (Å²) in [6, 6.07) is 2.19. The molecule has 0 radical (unpaired) electrons. The lowest BCUT2D eigenvalue weighted by Gasteiger charge is -2.25. The van der Waals surface area contributed by atoms with Gasteiger partial charge in [-0.1, -0.05) is 0 Å². The number of hydrogen-bond donors (Lipinski definition) is 2. The minimum atomic E-state index is 0.149. The number of hydrogen-bond acceptors (Lipinski definition) is 5. The molecule has 0 fully saturated rings. The van der Waals surface area contributed by atoms with E-state index in [-0.39, 0.29) is 6.61 Å². The second-order valence-corrected chi connectivity index (χ2v) is 3.88. The van der Waals surface area contributed by atoms with Crippen molar-refractivity contribution in [1.29, 1.82) is 0 Å². The predicted molar refractivity (Wildman–Crippen MR) is 56.1 cm³/mol. The topological polar surface area (TPSA) is 62.4 Å². The highest BCUT2D eigenvalue weighted by Gasteiger charge is 2.12. The van der Waals surface area contributed by atoms with E-state index < -0.39 is 0 Å². The summed E-state index contributed by atoms with van der Waals surface area (Å²) in [6.07, 6.45) is 0. The number of anilines is 2. The Labute approximate surface area is 82.2 Å². The normalized spacial score (nSPS) is 10.8. The quantitative estimate of drug-likeness (QED) is 0.761. The van der Waals surface area contributed by atoms with Crippen LogP contribution in [0.4, 0.5) is 10.8 Å². The highest BCUT2D eigenvalue weighted by Crippen LogP contribution is 2.24. The lowest BCUT2D eigenvalue weighted by Crippen LogP contribution is -2.32. The van der Waals surface area contributed by atoms with Crippen LogP contribution in [0.5, 0.6) is 0 Å². The third-order valence-electron chi connectivity index (χ3n) is 1.76. The number of aliphatic hydroxyl groups excluding tert-OH is 1. The second kappa shape index (κ2) is 4.43. The fourth-order valence-electron chi connectivity index (χ4n) is 1.14. The van der Waals surface area contributed by atoms with Crippen LogP contribution in [0.25, 0.3) is 0 Å². The number of aliphatic hydroxyl groups is 1. The molecule has 4 nitrogen and oxygen atoms in total. The minimum Gasteiger partial charge on any atom is -0.395 e. The van der Waals surface area contributed by atoms with Crippen molar-refractivity contribution in [2.45, 2.75) is 19.9 Å². The molecule has 0 bridgehead atoms. The molecule has 0 saturated carbocycles. The van der Waals surface area contributed by atoms with Crippen molar-refractivity contribution in [1.82, 2.24) is 4.37 Å². The molecule has 0 aliphatic carbocycles. The van der Waals surface area contributed by atoms with Gasteiger partial charge in [0.1, 0.15) is 10.8 Å². The molecule has 5 heteroatoms. The van der Waals surface area contributed by atoms with Gasteiger partial charge in [-0.2, -0.15) is 4.37 Å². The summed E-state index contributed by atoms with van der Waals surface area (Å²) >= 11 is 1.37. The van der Waals surface area contributed by atoms with Crippen molar-refractivity contribution in [2.24, 2.45) is 0 Å². The third kappa shape index (κ3) is 2.57. The standard InChI is InChI=1S/C8H15N3OS/c1-6(2)11(3-4-12)8-5-7(9)10-13-8/h5-6,12H,3-4H2,1-2H3,(H2,9,10). The van der Waals surface area contributed by atoms with Gasteiger partial charge in [0.25, 0.3) is 0 Å². The second-order valence-electron chi connectivity index (χ2n) is 3.10. The van der Waals surface area contributed by atoms with Crippen LogP contribution < -0.4 is 10.6 Å². The first kappa shape index (κ1) is 10.3. The molecule has 13 heavy (non-hydrogen) atoms. The van der Waals surface area contributed by atoms with Gasteiger partial charge in [-0.05, 0) is 25.4 Å². The molecule has 1 aromatic heterocycles. The summed E-state index contributed by atoms with van der Waals surface area (Å²) in [7, 11) is 0. The number of rotatable bonds is 4. The van der Waals surface area contributed by atoms with Crippen molar-refractivity contribution >= 4 is 22.4 Å². The largest absolute Gasteiger partial charge is 0.395 e. The van der Waals surface area contributed by atoms with E-state index in [1.54, 1.807) is 0 Å². The molecule has 0 aliphatic rings. The Morgan fingerprint density at radius 2 is 2.38 bits per heavy atom. The maximum atomic E-state index is 8.86. The summed E-state index contributed by atoms with van der Waals surface area (Å²) in [6.45, 7) is 4.92. The number of nitrogen functional groups attached to an aromatic ring is 1. The van der Waals surface area contributed by atoms with Crippen LogP contribution in [0.3, 0.4) is 0 Å². The zero-order valence-electron chi connectivity index (χ0n) is 7.90. The van der Waals surface area contributed by atoms with Crippen LogP contribution >= 0.6 is 11.5 Å². The van der Waals surface area contributed by atoms with Gasteiger partial charge in [-0.15, -0.1) is 0 Å². The molecule has 0 saturated heterocycles. The van der Waals surface area contributed by atoms with Crippen molar-refractivity contribution in [3.05, 3.63) is 6.07 Å². The predicted octanol–water partition coefficient (Wildman–Crippen LogP) is 0.932. The zero-order valence-corrected chi connectivity index (χ0v) is 8.71. The van der Waals surface area contributed by atoms with Crippen molar-refractivity contribution in [3.8, 4) is 0 Å². The Bertz CT molecular complexity index is 262. The fraction of sp³-hybridized carbons (Fsp3) is 0.625. The van der Waals surface area contributed by atoms with Crippen LogP contribution in [0.2, 0.25) is 0 Å². The molecule has 0 spiro atoms. The molecular weight excluding hydrogens is 186 g/mol. The van der Waals surface area contributed by atoms with Gasteiger partial charge in [0, 0.05) is 18.7 Å². The molecule has 0 aliphatic heterocycles. The van der Waals surface area contributed by atoms with Gasteiger partial charge in [-0.25, -0.2) is 0 Å². The van der Waals surface area contributed by atoms with E-state index in [4.69, 9.17) is 10.8 Å². The lowest BCUT2D eigenvalue weighted by molar-refractivity contribution is 0.299. The van der Waals surface area contributed by atoms with Crippen LogP contribution in [-0.4, -0.2) is 28.7 Å². The average molecular weight is 201 g/mol. The third-order valence-corrected chi connectivity index (χ3v) is 2.60. The van der Waals surface area contributed by atoms with Gasteiger partial charge >= 0.3 is 0 Å². The van der Waals surface area contributed by atoms with Gasteiger partial charge in [0.05, 0.1) is 6.61 Å². The minimum absolute atomic E-state index is 0.149. The maximum absolute atomic E-state index is 8.86. The number of nitrogens with zero attached hydrogens (tertiary/aromatic N) is 2. The van der Waals surface area contributed by atoms with Gasteiger partial charge in [0.15, 0.2) is 0 Å². The van der Waals surface area contributed by atoms with Crippen molar-refractivity contribution < 1.29 is 5.11 Å². The van der Waals surface area contributed by atoms with E-state index in [2.05, 4.69) is 23.1 Å². The van der Waals surface area contributed by atoms with Crippen LogP contribution in [0.1, 0.15) is 13.8 Å². The molecule has 1 heterocycles. The summed E-state index contributed by atoms with van der Waals surface area (Å²) in [5.74, 6) is 0.545. The van der Waals surface area contributed by atoms with Crippen LogP contribution in [0.15, 0.2) is 6.07 Å². The van der Waals surface area contributed by atoms with E-state index in [9.17, 15) is 0 Å². The molecule has 74 valence electrons. The van der Waals surface area contributed by atoms with Crippen LogP contribution in [-0.2, 0) is 0 Å². The maximum Gasteiger partial charge on any atom is 0.139 e. The molecule has 0 atom stereocenters. The highest BCUT2D eigenvalue weighted by atomic mass is 32.1. The Morgan fingerprint density at radius 1 is 1.69 bits per heavy atom. The summed E-state index contributed by atoms with van der Waals surface area (Å²) < 4.78 is 4.00. The van der Waals surface area contributed by atoms with Crippen molar-refractivity contribution in [3.63, 3.8) is 0 Å². The molecule has 1 aromatic rings. The number of nitrogens with two attached hydrogens (primary N) is 1. The number of aromatic nitrogens is 1. The Balaban J connectivity index is 2.75. The van der Waals surface area contributed by atoms with Gasteiger partial charge in [-0.3, -0.25) is 0 Å². The van der Waals surface area contributed by atoms with Crippen LogP contribution in [0, 0.1) is 0 Å². The van der Waals surface area contributed by atoms with E-state index in [1.807, 2.05) is 6.07 Å². The zero-order chi connectivity index (χ0) is 9.84. The molecule has 0 unspecified atom stereocenters. The lowest BCUT2D eigenvalue weighted by atomic mass is 10.3. The first-order valence-corrected chi connectivity index (χ1v) is 5.02. The summed E-state index contributed by atoms with van der Waals surface area (Å²) in [5.41, 5.74) is 5.52. The Hall–Kier alpha value is -0.810. The van der Waals surface area contributed by atoms with E-state index in [0.29, 0.717) is 18.4 Å². The average Bonchev–Trinajstić information content (AvgIpc) is 2.46. The van der Waals surface area contributed by atoms with E-state index in [0.717, 1.165) is 5.00 Å². The van der Waals surface area contributed by atoms with Gasteiger partial charge in [0.2, 0.25) is 0 Å². The summed E-state index contributed by atoms with van der Waals surface area (Å²) in [5, 5.41) is 9.88. The molecule has 0 amide bonds. The highest BCUT2D eigenvalue weighted by molar-refractivity contribution is 7.10. The first-order valence-electron chi connectivity index (χ1n) is 4.25. The summed E-state index contributed by atoms with van der Waals surface area (Å²) in [4.78, 5) is 2.08. The smallest absolute Gasteiger partial charge is 0.139 e. The molecule has 1 rings (SSSR count). The van der Waals surface area contributed by atoms with Crippen molar-refractivity contribution in [2.75, 3.05) is 23.8 Å².